The number of likely N-dealkylation sites (tertiary alicyclic amines) is 1. The molecule has 2 aromatic rings. The normalized spacial score (nSPS) is 20.7. The van der Waals surface area contributed by atoms with Gasteiger partial charge in [0.05, 0.1) is 6.54 Å². The first kappa shape index (κ1) is 18.5. The van der Waals surface area contributed by atoms with Gasteiger partial charge in [-0.05, 0) is 30.5 Å². The van der Waals surface area contributed by atoms with Crippen LogP contribution < -0.4 is 5.32 Å². The SMILES string of the molecule is O=C(CN1CC[C@@H](c2ccccc2)[C@@H](CO)C1)NCc1ccccc1F. The maximum absolute atomic E-state index is 13.6. The Labute approximate surface area is 153 Å². The molecule has 0 unspecified atom stereocenters. The average molecular weight is 356 g/mol. The van der Waals surface area contributed by atoms with Gasteiger partial charge in [0.1, 0.15) is 5.82 Å². The lowest BCUT2D eigenvalue weighted by Crippen LogP contribution is -2.45. The van der Waals surface area contributed by atoms with Crippen LogP contribution in [-0.4, -0.2) is 42.2 Å². The molecule has 1 fully saturated rings. The predicted octanol–water partition coefficient (Wildman–Crippen LogP) is 2.54. The number of carbonyl (C=O) groups excluding carboxylic acids is 1. The van der Waals surface area contributed by atoms with Crippen LogP contribution in [0.2, 0.25) is 0 Å². The van der Waals surface area contributed by atoms with Gasteiger partial charge < -0.3 is 10.4 Å². The summed E-state index contributed by atoms with van der Waals surface area (Å²) in [6.45, 7) is 2.06. The van der Waals surface area contributed by atoms with Gasteiger partial charge >= 0.3 is 0 Å². The van der Waals surface area contributed by atoms with Crippen molar-refractivity contribution in [1.82, 2.24) is 10.2 Å². The van der Waals surface area contributed by atoms with E-state index in [1.54, 1.807) is 18.2 Å². The fourth-order valence-electron chi connectivity index (χ4n) is 3.67. The fraction of sp³-hybridized carbons (Fsp3) is 0.381. The molecule has 5 heteroatoms. The highest BCUT2D eigenvalue weighted by Crippen LogP contribution is 2.32. The first-order valence-electron chi connectivity index (χ1n) is 9.05. The quantitative estimate of drug-likeness (QED) is 0.836. The molecular weight excluding hydrogens is 331 g/mol. The second-order valence-corrected chi connectivity index (χ2v) is 6.85. The number of aliphatic hydroxyl groups is 1. The van der Waals surface area contributed by atoms with Gasteiger partial charge in [0, 0.05) is 31.2 Å². The van der Waals surface area contributed by atoms with E-state index in [9.17, 15) is 14.3 Å². The van der Waals surface area contributed by atoms with Gasteiger partial charge in [0.15, 0.2) is 0 Å². The van der Waals surface area contributed by atoms with Crippen molar-refractivity contribution < 1.29 is 14.3 Å². The van der Waals surface area contributed by atoms with E-state index < -0.39 is 0 Å². The van der Waals surface area contributed by atoms with Crippen molar-refractivity contribution in [2.24, 2.45) is 5.92 Å². The molecule has 2 aromatic carbocycles. The molecule has 0 saturated carbocycles. The molecule has 1 aliphatic heterocycles. The maximum Gasteiger partial charge on any atom is 0.234 e. The number of hydrogen-bond donors (Lipinski definition) is 2. The van der Waals surface area contributed by atoms with Gasteiger partial charge in [-0.1, -0.05) is 48.5 Å². The van der Waals surface area contributed by atoms with Crippen molar-refractivity contribution >= 4 is 5.91 Å². The van der Waals surface area contributed by atoms with Crippen LogP contribution in [-0.2, 0) is 11.3 Å². The summed E-state index contributed by atoms with van der Waals surface area (Å²) in [6, 6.07) is 16.7. The molecule has 1 heterocycles. The molecule has 4 nitrogen and oxygen atoms in total. The van der Waals surface area contributed by atoms with Crippen molar-refractivity contribution in [2.75, 3.05) is 26.2 Å². The summed E-state index contributed by atoms with van der Waals surface area (Å²) in [5, 5.41) is 12.6. The minimum absolute atomic E-state index is 0.104. The van der Waals surface area contributed by atoms with Gasteiger partial charge in [0.2, 0.25) is 5.91 Å². The zero-order valence-electron chi connectivity index (χ0n) is 14.8. The predicted molar refractivity (Wildman–Crippen MR) is 99.1 cm³/mol. The second-order valence-electron chi connectivity index (χ2n) is 6.85. The van der Waals surface area contributed by atoms with Gasteiger partial charge in [-0.25, -0.2) is 4.39 Å². The summed E-state index contributed by atoms with van der Waals surface area (Å²) in [7, 11) is 0. The molecule has 138 valence electrons. The van der Waals surface area contributed by atoms with E-state index in [2.05, 4.69) is 22.3 Å². The molecule has 1 amide bonds. The highest BCUT2D eigenvalue weighted by atomic mass is 19.1. The molecule has 0 bridgehead atoms. The Balaban J connectivity index is 1.51. The number of halogens is 1. The lowest BCUT2D eigenvalue weighted by atomic mass is 9.81. The van der Waals surface area contributed by atoms with Crippen molar-refractivity contribution in [1.29, 1.82) is 0 Å². The Morgan fingerprint density at radius 1 is 1.15 bits per heavy atom. The Bertz CT molecular complexity index is 723. The topological polar surface area (TPSA) is 52.6 Å². The van der Waals surface area contributed by atoms with Crippen molar-refractivity contribution in [3.63, 3.8) is 0 Å². The number of nitrogens with one attached hydrogen (secondary N) is 1. The Hall–Kier alpha value is -2.24. The minimum atomic E-state index is -0.309. The zero-order valence-corrected chi connectivity index (χ0v) is 14.8. The van der Waals surface area contributed by atoms with E-state index in [-0.39, 0.29) is 37.3 Å². The van der Waals surface area contributed by atoms with Gasteiger partial charge in [0.25, 0.3) is 0 Å². The summed E-state index contributed by atoms with van der Waals surface area (Å²) in [5.41, 5.74) is 1.73. The Kier molecular flexibility index (Phi) is 6.36. The molecule has 0 spiro atoms. The first-order chi connectivity index (χ1) is 12.7. The molecule has 1 saturated heterocycles. The van der Waals surface area contributed by atoms with Gasteiger partial charge in [-0.3, -0.25) is 9.69 Å². The molecule has 2 atom stereocenters. The molecule has 1 aliphatic rings. The van der Waals surface area contributed by atoms with Crippen LogP contribution in [0.1, 0.15) is 23.5 Å². The lowest BCUT2D eigenvalue weighted by molar-refractivity contribution is -0.123. The van der Waals surface area contributed by atoms with E-state index >= 15 is 0 Å². The molecule has 0 aliphatic carbocycles. The number of piperidine rings is 1. The lowest BCUT2D eigenvalue weighted by Gasteiger charge is -2.37. The highest BCUT2D eigenvalue weighted by Gasteiger charge is 2.30. The summed E-state index contributed by atoms with van der Waals surface area (Å²) in [6.07, 6.45) is 0.913. The van der Waals surface area contributed by atoms with Crippen LogP contribution in [0.4, 0.5) is 4.39 Å². The van der Waals surface area contributed by atoms with Crippen LogP contribution in [0.3, 0.4) is 0 Å². The number of nitrogens with zero attached hydrogens (tertiary/aromatic N) is 1. The number of hydrogen-bond acceptors (Lipinski definition) is 3. The van der Waals surface area contributed by atoms with Crippen molar-refractivity contribution in [3.05, 3.63) is 71.5 Å². The molecule has 0 radical (unpaired) electrons. The minimum Gasteiger partial charge on any atom is -0.396 e. The van der Waals surface area contributed by atoms with E-state index in [1.807, 2.05) is 18.2 Å². The standard InChI is InChI=1S/C21H25FN2O2/c22-20-9-5-4-8-17(20)12-23-21(26)14-24-11-10-19(18(13-24)15-25)16-6-2-1-3-7-16/h1-9,18-19,25H,10-15H2,(H,23,26)/t18-,19+/m1/s1. The van der Waals surface area contributed by atoms with E-state index in [0.29, 0.717) is 18.0 Å². The van der Waals surface area contributed by atoms with E-state index in [0.717, 1.165) is 13.0 Å². The maximum atomic E-state index is 13.6. The third-order valence-electron chi connectivity index (χ3n) is 5.08. The molecule has 2 N–H and O–H groups in total. The Morgan fingerprint density at radius 3 is 2.62 bits per heavy atom. The zero-order chi connectivity index (χ0) is 18.4. The fourth-order valence-corrected chi connectivity index (χ4v) is 3.67. The molecule has 26 heavy (non-hydrogen) atoms. The van der Waals surface area contributed by atoms with Crippen LogP contribution >= 0.6 is 0 Å². The third kappa shape index (κ3) is 4.68. The van der Waals surface area contributed by atoms with E-state index in [1.165, 1.54) is 11.6 Å². The van der Waals surface area contributed by atoms with Crippen molar-refractivity contribution in [3.8, 4) is 0 Å². The number of benzene rings is 2. The van der Waals surface area contributed by atoms with Crippen LogP contribution in [0.25, 0.3) is 0 Å². The summed E-state index contributed by atoms with van der Waals surface area (Å²) < 4.78 is 13.6. The number of rotatable bonds is 6. The number of carbonyl (C=O) groups is 1. The highest BCUT2D eigenvalue weighted by molar-refractivity contribution is 5.78. The molecule has 0 aromatic heterocycles. The average Bonchev–Trinajstić information content (AvgIpc) is 2.68. The first-order valence-corrected chi connectivity index (χ1v) is 9.05. The monoisotopic (exact) mass is 356 g/mol. The summed E-state index contributed by atoms with van der Waals surface area (Å²) in [5.74, 6) is 0.00404. The van der Waals surface area contributed by atoms with Crippen molar-refractivity contribution in [2.45, 2.75) is 18.9 Å². The molecule has 3 rings (SSSR count). The largest absolute Gasteiger partial charge is 0.396 e. The number of aliphatic hydroxyl groups excluding tert-OH is 1. The van der Waals surface area contributed by atoms with Crippen LogP contribution in [0.5, 0.6) is 0 Å². The summed E-state index contributed by atoms with van der Waals surface area (Å²) in [4.78, 5) is 14.3. The van der Waals surface area contributed by atoms with Gasteiger partial charge in [-0.15, -0.1) is 0 Å². The second kappa shape index (κ2) is 8.92. The molecular formula is C21H25FN2O2. The summed E-state index contributed by atoms with van der Waals surface area (Å²) >= 11 is 0. The third-order valence-corrected chi connectivity index (χ3v) is 5.08. The van der Waals surface area contributed by atoms with Crippen LogP contribution in [0, 0.1) is 11.7 Å². The van der Waals surface area contributed by atoms with Gasteiger partial charge in [-0.2, -0.15) is 0 Å². The number of amides is 1. The Morgan fingerprint density at radius 2 is 1.88 bits per heavy atom. The van der Waals surface area contributed by atoms with E-state index in [4.69, 9.17) is 0 Å². The van der Waals surface area contributed by atoms with Crippen LogP contribution in [0.15, 0.2) is 54.6 Å². The smallest absolute Gasteiger partial charge is 0.234 e.